The highest BCUT2D eigenvalue weighted by Crippen LogP contribution is 2.44. The minimum atomic E-state index is -0.359. The molecular weight excluding hydrogens is 332 g/mol. The third-order valence-corrected chi connectivity index (χ3v) is 5.25. The number of Topliss-reactive ketones (excluding diaryl/α,β-unsaturated/α-hetero) is 1. The van der Waals surface area contributed by atoms with Crippen molar-refractivity contribution in [2.75, 3.05) is 0 Å². The first kappa shape index (κ1) is 15.8. The summed E-state index contributed by atoms with van der Waals surface area (Å²) in [5.41, 5.74) is 2.66. The number of hydrogen-bond donors (Lipinski definition) is 0. The highest BCUT2D eigenvalue weighted by molar-refractivity contribution is 6.04. The van der Waals surface area contributed by atoms with E-state index < -0.39 is 0 Å². The Hall–Kier alpha value is -3.39. The third-order valence-electron chi connectivity index (χ3n) is 5.25. The van der Waals surface area contributed by atoms with Crippen molar-refractivity contribution in [2.24, 2.45) is 0 Å². The van der Waals surface area contributed by atoms with Gasteiger partial charge in [0.2, 0.25) is 0 Å². The summed E-state index contributed by atoms with van der Waals surface area (Å²) in [5, 5.41) is 2.33. The Kier molecular flexibility index (Phi) is 3.75. The average Bonchev–Trinajstić information content (AvgIpc) is 2.74. The van der Waals surface area contributed by atoms with E-state index in [0.29, 0.717) is 11.3 Å². The van der Waals surface area contributed by atoms with Crippen molar-refractivity contribution in [1.29, 1.82) is 0 Å². The van der Waals surface area contributed by atoms with Crippen molar-refractivity contribution in [3.05, 3.63) is 114 Å². The summed E-state index contributed by atoms with van der Waals surface area (Å²) in [5.74, 6) is 0.413. The second-order valence-corrected chi connectivity index (χ2v) is 6.89. The Balaban J connectivity index is 1.68. The summed E-state index contributed by atoms with van der Waals surface area (Å²) < 4.78 is 6.38. The van der Waals surface area contributed by atoms with Crippen molar-refractivity contribution < 1.29 is 9.53 Å². The van der Waals surface area contributed by atoms with Crippen LogP contribution in [0.1, 0.15) is 33.5 Å². The largest absolute Gasteiger partial charge is 0.484 e. The van der Waals surface area contributed by atoms with Crippen LogP contribution in [-0.4, -0.2) is 5.78 Å². The summed E-state index contributed by atoms with van der Waals surface area (Å²) in [6.07, 6.45) is -0.348. The van der Waals surface area contributed by atoms with Gasteiger partial charge in [-0.15, -0.1) is 0 Å². The Bertz CT molecular complexity index is 1130. The SMILES string of the molecule is O=C1c2ccccc2OC(c2ccc3ccccc3c2)C1c1ccccc1. The predicted octanol–water partition coefficient (Wildman–Crippen LogP) is 5.94. The highest BCUT2D eigenvalue weighted by atomic mass is 16.5. The van der Waals surface area contributed by atoms with Crippen LogP contribution in [-0.2, 0) is 0 Å². The molecule has 0 amide bonds. The Morgan fingerprint density at radius 3 is 2.19 bits per heavy atom. The van der Waals surface area contributed by atoms with E-state index in [4.69, 9.17) is 4.74 Å². The molecule has 0 saturated carbocycles. The smallest absolute Gasteiger partial charge is 0.178 e. The molecule has 2 unspecified atom stereocenters. The van der Waals surface area contributed by atoms with E-state index >= 15 is 0 Å². The first-order valence-electron chi connectivity index (χ1n) is 9.15. The lowest BCUT2D eigenvalue weighted by Gasteiger charge is -2.33. The lowest BCUT2D eigenvalue weighted by atomic mass is 9.81. The van der Waals surface area contributed by atoms with E-state index in [1.54, 1.807) is 0 Å². The van der Waals surface area contributed by atoms with E-state index in [1.165, 1.54) is 5.39 Å². The molecule has 5 rings (SSSR count). The molecule has 0 fully saturated rings. The van der Waals surface area contributed by atoms with Crippen LogP contribution in [0.5, 0.6) is 5.75 Å². The molecule has 2 nitrogen and oxygen atoms in total. The zero-order valence-electron chi connectivity index (χ0n) is 14.7. The predicted molar refractivity (Wildman–Crippen MR) is 107 cm³/mol. The molecule has 0 aromatic heterocycles. The van der Waals surface area contributed by atoms with Gasteiger partial charge in [-0.05, 0) is 40.1 Å². The minimum absolute atomic E-state index is 0.112. The first-order valence-corrected chi connectivity index (χ1v) is 9.15. The van der Waals surface area contributed by atoms with Gasteiger partial charge in [-0.3, -0.25) is 4.79 Å². The van der Waals surface area contributed by atoms with Gasteiger partial charge in [0.15, 0.2) is 5.78 Å². The number of ketones is 1. The zero-order chi connectivity index (χ0) is 18.2. The fourth-order valence-electron chi connectivity index (χ4n) is 3.91. The summed E-state index contributed by atoms with van der Waals surface area (Å²) >= 11 is 0. The molecule has 4 aromatic rings. The Labute approximate surface area is 158 Å². The number of carbonyl (C=O) groups excluding carboxylic acids is 1. The molecule has 1 aliphatic rings. The number of rotatable bonds is 2. The van der Waals surface area contributed by atoms with Crippen molar-refractivity contribution in [3.8, 4) is 5.75 Å². The normalized spacial score (nSPS) is 18.7. The molecule has 130 valence electrons. The fraction of sp³-hybridized carbons (Fsp3) is 0.0800. The van der Waals surface area contributed by atoms with Crippen LogP contribution in [0.25, 0.3) is 10.8 Å². The molecule has 0 spiro atoms. The summed E-state index contributed by atoms with van der Waals surface area (Å²) in [6.45, 7) is 0. The average molecular weight is 350 g/mol. The van der Waals surface area contributed by atoms with Gasteiger partial charge < -0.3 is 4.74 Å². The van der Waals surface area contributed by atoms with E-state index in [9.17, 15) is 4.79 Å². The van der Waals surface area contributed by atoms with E-state index in [1.807, 2.05) is 66.7 Å². The maximum atomic E-state index is 13.4. The quantitative estimate of drug-likeness (QED) is 0.447. The molecule has 1 aliphatic heterocycles. The van der Waals surface area contributed by atoms with E-state index in [-0.39, 0.29) is 17.8 Å². The van der Waals surface area contributed by atoms with Gasteiger partial charge >= 0.3 is 0 Å². The highest BCUT2D eigenvalue weighted by Gasteiger charge is 2.39. The second kappa shape index (κ2) is 6.40. The van der Waals surface area contributed by atoms with Gasteiger partial charge in [-0.1, -0.05) is 78.9 Å². The molecule has 2 heteroatoms. The van der Waals surface area contributed by atoms with Crippen molar-refractivity contribution >= 4 is 16.6 Å². The Morgan fingerprint density at radius 2 is 1.33 bits per heavy atom. The van der Waals surface area contributed by atoms with Crippen LogP contribution in [0.4, 0.5) is 0 Å². The van der Waals surface area contributed by atoms with Gasteiger partial charge in [0.25, 0.3) is 0 Å². The number of fused-ring (bicyclic) bond motifs is 2. The van der Waals surface area contributed by atoms with Crippen molar-refractivity contribution in [3.63, 3.8) is 0 Å². The van der Waals surface area contributed by atoms with Crippen molar-refractivity contribution in [2.45, 2.75) is 12.0 Å². The van der Waals surface area contributed by atoms with Gasteiger partial charge in [0.05, 0.1) is 11.5 Å². The van der Waals surface area contributed by atoms with Crippen LogP contribution in [0.2, 0.25) is 0 Å². The van der Waals surface area contributed by atoms with Crippen LogP contribution in [0, 0.1) is 0 Å². The number of carbonyl (C=O) groups is 1. The molecule has 0 N–H and O–H groups in total. The van der Waals surface area contributed by atoms with Crippen LogP contribution in [0.3, 0.4) is 0 Å². The van der Waals surface area contributed by atoms with E-state index in [0.717, 1.165) is 16.5 Å². The van der Waals surface area contributed by atoms with Crippen LogP contribution < -0.4 is 4.74 Å². The summed E-state index contributed by atoms with van der Waals surface area (Å²) in [4.78, 5) is 13.4. The van der Waals surface area contributed by atoms with Gasteiger partial charge in [-0.25, -0.2) is 0 Å². The lowest BCUT2D eigenvalue weighted by molar-refractivity contribution is 0.0782. The fourth-order valence-corrected chi connectivity index (χ4v) is 3.91. The van der Waals surface area contributed by atoms with Crippen LogP contribution in [0.15, 0.2) is 97.1 Å². The topological polar surface area (TPSA) is 26.3 Å². The molecule has 27 heavy (non-hydrogen) atoms. The van der Waals surface area contributed by atoms with Gasteiger partial charge in [-0.2, -0.15) is 0 Å². The zero-order valence-corrected chi connectivity index (χ0v) is 14.7. The maximum absolute atomic E-state index is 13.4. The first-order chi connectivity index (χ1) is 13.3. The number of hydrogen-bond acceptors (Lipinski definition) is 2. The number of para-hydroxylation sites is 1. The minimum Gasteiger partial charge on any atom is -0.484 e. The summed E-state index contributed by atoms with van der Waals surface area (Å²) in [6, 6.07) is 32.0. The Morgan fingerprint density at radius 1 is 0.630 bits per heavy atom. The van der Waals surface area contributed by atoms with Gasteiger partial charge in [0, 0.05) is 0 Å². The third kappa shape index (κ3) is 2.70. The van der Waals surface area contributed by atoms with Gasteiger partial charge in [0.1, 0.15) is 11.9 Å². The molecule has 2 atom stereocenters. The molecule has 0 saturated heterocycles. The van der Waals surface area contributed by atoms with Crippen molar-refractivity contribution in [1.82, 2.24) is 0 Å². The lowest BCUT2D eigenvalue weighted by Crippen LogP contribution is -2.30. The van der Waals surface area contributed by atoms with E-state index in [2.05, 4.69) is 30.3 Å². The van der Waals surface area contributed by atoms with Crippen LogP contribution >= 0.6 is 0 Å². The maximum Gasteiger partial charge on any atom is 0.178 e. The monoisotopic (exact) mass is 350 g/mol. The summed E-state index contributed by atoms with van der Waals surface area (Å²) in [7, 11) is 0. The number of ether oxygens (including phenoxy) is 1. The standard InChI is InChI=1S/C25H18O2/c26-24-21-12-6-7-13-22(21)27-25(23(24)18-9-2-1-3-10-18)20-15-14-17-8-4-5-11-19(17)16-20/h1-16,23,25H. The molecule has 0 radical (unpaired) electrons. The molecule has 0 bridgehead atoms. The second-order valence-electron chi connectivity index (χ2n) is 6.89. The molecule has 1 heterocycles. The number of benzene rings is 4. The molecule has 0 aliphatic carbocycles. The molecular formula is C25H18O2. The molecule has 4 aromatic carbocycles.